The Morgan fingerprint density at radius 2 is 1.56 bits per heavy atom. The summed E-state index contributed by atoms with van der Waals surface area (Å²) >= 11 is 0. The highest BCUT2D eigenvalue weighted by Gasteiger charge is 2.77. The second-order valence-corrected chi connectivity index (χ2v) is 20.4. The van der Waals surface area contributed by atoms with E-state index in [4.69, 9.17) is 9.16 Å². The fraction of sp³-hybridized carbons (Fsp3) is 0.969. The number of aliphatic hydroxyl groups excluding tert-OH is 1. The monoisotopic (exact) mass is 562 g/mol. The molecule has 6 nitrogen and oxygen atoms in total. The molecule has 0 radical (unpaired) electrons. The average molecular weight is 563 g/mol. The number of aliphatic hydroxyl groups is 1. The maximum atomic E-state index is 13.4. The summed E-state index contributed by atoms with van der Waals surface area (Å²) in [5.41, 5.74) is 1.23. The van der Waals surface area contributed by atoms with Gasteiger partial charge in [-0.1, -0.05) is 86.5 Å². The Morgan fingerprint density at radius 1 is 0.949 bits per heavy atom. The van der Waals surface area contributed by atoms with Gasteiger partial charge in [-0.3, -0.25) is 9.80 Å². The normalized spacial score (nSPS) is 38.0. The molecule has 0 aromatic rings. The van der Waals surface area contributed by atoms with E-state index in [1.165, 1.54) is 51.4 Å². The summed E-state index contributed by atoms with van der Waals surface area (Å²) in [7, 11) is -2.07. The lowest BCUT2D eigenvalue weighted by Crippen LogP contribution is -2.76. The van der Waals surface area contributed by atoms with Crippen molar-refractivity contribution >= 4 is 14.4 Å². The number of hydrogen-bond donors (Lipinski definition) is 1. The zero-order valence-corrected chi connectivity index (χ0v) is 26.9. The van der Waals surface area contributed by atoms with Crippen molar-refractivity contribution in [1.82, 2.24) is 9.80 Å². The quantitative estimate of drug-likeness (QED) is 0.340. The van der Waals surface area contributed by atoms with Crippen LogP contribution in [0.15, 0.2) is 0 Å². The van der Waals surface area contributed by atoms with Crippen LogP contribution in [-0.4, -0.2) is 79.8 Å². The predicted octanol–water partition coefficient (Wildman–Crippen LogP) is 6.97. The highest BCUT2D eigenvalue weighted by atomic mass is 28.4. The molecule has 0 aromatic heterocycles. The first-order valence-electron chi connectivity index (χ1n) is 16.6. The molecule has 224 valence electrons. The average Bonchev–Trinajstić information content (AvgIpc) is 3.29. The summed E-state index contributed by atoms with van der Waals surface area (Å²) in [6, 6.07) is 0.199. The fourth-order valence-electron chi connectivity index (χ4n) is 11.0. The van der Waals surface area contributed by atoms with Crippen LogP contribution in [0.4, 0.5) is 4.79 Å². The number of carbonyl (C=O) groups is 1. The minimum Gasteiger partial charge on any atom is -0.441 e. The Morgan fingerprint density at radius 3 is 2.18 bits per heavy atom. The van der Waals surface area contributed by atoms with Crippen molar-refractivity contribution in [2.45, 2.75) is 146 Å². The van der Waals surface area contributed by atoms with Gasteiger partial charge in [0.15, 0.2) is 14.4 Å². The van der Waals surface area contributed by atoms with Crippen LogP contribution in [0.25, 0.3) is 0 Å². The van der Waals surface area contributed by atoms with Gasteiger partial charge in [-0.25, -0.2) is 4.79 Å². The minimum absolute atomic E-state index is 0.0112. The lowest BCUT2D eigenvalue weighted by Gasteiger charge is -2.64. The molecule has 1 aliphatic carbocycles. The number of rotatable bonds is 7. The molecule has 1 spiro atoms. The number of cyclic esters (lactones) is 1. The zero-order chi connectivity index (χ0) is 28.0. The van der Waals surface area contributed by atoms with E-state index >= 15 is 0 Å². The lowest BCUT2D eigenvalue weighted by atomic mass is 9.51. The summed E-state index contributed by atoms with van der Waals surface area (Å²) in [5.74, 6) is 0.909. The third-order valence-corrected chi connectivity index (χ3v) is 18.2. The number of amides is 1. The highest BCUT2D eigenvalue weighted by molar-refractivity contribution is 6.77. The number of nitrogens with zero attached hydrogens (tertiary/aromatic N) is 2. The second-order valence-electron chi connectivity index (χ2n) is 14.9. The number of ether oxygens (including phenoxy) is 1. The predicted molar refractivity (Wildman–Crippen MR) is 159 cm³/mol. The van der Waals surface area contributed by atoms with Gasteiger partial charge in [0.1, 0.15) is 5.54 Å². The SMILES string of the molecule is CC(C)[Si](OC[C@]12CCCCCCCCCCN3CC[C@H]4[C@H](CN5C(=O)O[C@H](CO)[C@@]45[C@@H]31)C2)(C(C)C)C(C)C. The maximum absolute atomic E-state index is 13.4. The molecular formula is C32H58N2O4Si. The molecule has 5 aliphatic rings. The molecule has 4 bridgehead atoms. The highest BCUT2D eigenvalue weighted by Crippen LogP contribution is 2.65. The maximum Gasteiger partial charge on any atom is 0.410 e. The molecule has 4 heterocycles. The molecule has 5 fully saturated rings. The fourth-order valence-corrected chi connectivity index (χ4v) is 16.5. The Balaban J connectivity index is 1.61. The van der Waals surface area contributed by atoms with Gasteiger partial charge in [-0.05, 0) is 67.2 Å². The topological polar surface area (TPSA) is 62.2 Å². The molecule has 7 heteroatoms. The Bertz CT molecular complexity index is 845. The summed E-state index contributed by atoms with van der Waals surface area (Å²) in [6.07, 6.45) is 13.3. The molecule has 4 saturated heterocycles. The molecule has 1 N–H and O–H groups in total. The van der Waals surface area contributed by atoms with Crippen LogP contribution in [0.1, 0.15) is 112 Å². The van der Waals surface area contributed by atoms with E-state index in [1.807, 2.05) is 0 Å². The molecule has 0 aromatic carbocycles. The molecular weight excluding hydrogens is 504 g/mol. The van der Waals surface area contributed by atoms with Gasteiger partial charge in [-0.2, -0.15) is 0 Å². The standard InChI is InChI=1S/C32H58N2O4Si/c1-23(2)39(24(3)4,25(5)6)37-22-31-16-13-11-9-7-8-10-12-14-17-33-18-15-27-26(19-31)20-34-30(36)38-28(21-35)32(27,34)29(31)33/h23-29,35H,7-22H2,1-6H3/t26-,27-,28+,29-,31+,32+/m0/s1. The van der Waals surface area contributed by atoms with Gasteiger partial charge in [0, 0.05) is 24.6 Å². The van der Waals surface area contributed by atoms with Gasteiger partial charge in [0.2, 0.25) is 0 Å². The first-order valence-corrected chi connectivity index (χ1v) is 18.8. The molecule has 6 atom stereocenters. The van der Waals surface area contributed by atoms with Crippen molar-refractivity contribution in [2.75, 3.05) is 32.8 Å². The van der Waals surface area contributed by atoms with E-state index in [2.05, 4.69) is 51.3 Å². The van der Waals surface area contributed by atoms with Gasteiger partial charge in [-0.15, -0.1) is 0 Å². The van der Waals surface area contributed by atoms with E-state index in [0.717, 1.165) is 45.5 Å². The zero-order valence-electron chi connectivity index (χ0n) is 25.9. The Kier molecular flexibility index (Phi) is 8.85. The molecule has 1 saturated carbocycles. The van der Waals surface area contributed by atoms with Crippen LogP contribution in [0.2, 0.25) is 16.6 Å². The molecule has 39 heavy (non-hydrogen) atoms. The lowest BCUT2D eigenvalue weighted by molar-refractivity contribution is -0.158. The van der Waals surface area contributed by atoms with Gasteiger partial charge in [0.05, 0.1) is 6.61 Å². The van der Waals surface area contributed by atoms with E-state index < -0.39 is 20.0 Å². The number of piperidine rings is 1. The minimum atomic E-state index is -2.07. The van der Waals surface area contributed by atoms with E-state index in [1.54, 1.807) is 0 Å². The Labute approximate surface area is 239 Å². The smallest absolute Gasteiger partial charge is 0.410 e. The van der Waals surface area contributed by atoms with Crippen molar-refractivity contribution < 1.29 is 19.1 Å². The van der Waals surface area contributed by atoms with Crippen LogP contribution < -0.4 is 0 Å². The number of carbonyl (C=O) groups excluding carboxylic acids is 1. The first kappa shape index (κ1) is 29.8. The van der Waals surface area contributed by atoms with E-state index in [0.29, 0.717) is 28.5 Å². The van der Waals surface area contributed by atoms with Crippen molar-refractivity contribution in [3.63, 3.8) is 0 Å². The molecule has 1 amide bonds. The van der Waals surface area contributed by atoms with Crippen molar-refractivity contribution in [2.24, 2.45) is 17.3 Å². The largest absolute Gasteiger partial charge is 0.441 e. The Hall–Kier alpha value is -0.633. The van der Waals surface area contributed by atoms with Crippen molar-refractivity contribution in [1.29, 1.82) is 0 Å². The molecule has 4 aliphatic heterocycles. The van der Waals surface area contributed by atoms with Crippen LogP contribution in [0, 0.1) is 17.3 Å². The van der Waals surface area contributed by atoms with E-state index in [9.17, 15) is 9.90 Å². The third kappa shape index (κ3) is 4.64. The van der Waals surface area contributed by atoms with Gasteiger partial charge in [0.25, 0.3) is 0 Å². The molecule has 0 unspecified atom stereocenters. The summed E-state index contributed by atoms with van der Waals surface area (Å²) in [5, 5.41) is 10.7. The van der Waals surface area contributed by atoms with Gasteiger partial charge < -0.3 is 14.3 Å². The second kappa shape index (κ2) is 11.6. The van der Waals surface area contributed by atoms with Crippen molar-refractivity contribution in [3.05, 3.63) is 0 Å². The third-order valence-electron chi connectivity index (χ3n) is 12.2. The molecule has 5 rings (SSSR count). The van der Waals surface area contributed by atoms with Crippen LogP contribution in [0.3, 0.4) is 0 Å². The summed E-state index contributed by atoms with van der Waals surface area (Å²) < 4.78 is 13.6. The van der Waals surface area contributed by atoms with Crippen LogP contribution >= 0.6 is 0 Å². The summed E-state index contributed by atoms with van der Waals surface area (Å²) in [4.78, 5) is 18.3. The number of hydrogen-bond acceptors (Lipinski definition) is 5. The van der Waals surface area contributed by atoms with Crippen LogP contribution in [-0.2, 0) is 9.16 Å². The van der Waals surface area contributed by atoms with Gasteiger partial charge >= 0.3 is 6.09 Å². The van der Waals surface area contributed by atoms with E-state index in [-0.39, 0.29) is 24.2 Å². The first-order chi connectivity index (χ1) is 18.6. The van der Waals surface area contributed by atoms with Crippen molar-refractivity contribution in [3.8, 4) is 0 Å². The summed E-state index contributed by atoms with van der Waals surface area (Å²) in [6.45, 7) is 18.1. The van der Waals surface area contributed by atoms with Crippen LogP contribution in [0.5, 0.6) is 0 Å².